The molecular weight excluding hydrogens is 240 g/mol. The molecule has 3 aromatic rings. The maximum absolute atomic E-state index is 5.31. The molecular formula is C14H16N4O. The standard InChI is InChI=1S/C14H16N4O/c1-9(2)15-7-14-16-6-12(18-14)10-3-4-11-13(5-10)19-8-17-11/h3-6,8-9,15H,7H2,1-2H3,(H,16,18). The number of oxazole rings is 1. The molecule has 0 amide bonds. The van der Waals surface area contributed by atoms with E-state index in [1.54, 1.807) is 0 Å². The van der Waals surface area contributed by atoms with E-state index in [4.69, 9.17) is 4.42 Å². The van der Waals surface area contributed by atoms with Crippen LogP contribution in [-0.4, -0.2) is 21.0 Å². The molecule has 98 valence electrons. The zero-order valence-corrected chi connectivity index (χ0v) is 11.0. The predicted octanol–water partition coefficient (Wildman–Crippen LogP) is 2.72. The number of hydrogen-bond acceptors (Lipinski definition) is 4. The summed E-state index contributed by atoms with van der Waals surface area (Å²) in [6.45, 7) is 4.96. The molecule has 0 aliphatic rings. The molecule has 19 heavy (non-hydrogen) atoms. The van der Waals surface area contributed by atoms with Gasteiger partial charge in [0.05, 0.1) is 18.4 Å². The van der Waals surface area contributed by atoms with Crippen LogP contribution in [0.3, 0.4) is 0 Å². The van der Waals surface area contributed by atoms with E-state index >= 15 is 0 Å². The number of rotatable bonds is 4. The van der Waals surface area contributed by atoms with E-state index in [1.165, 1.54) is 6.39 Å². The summed E-state index contributed by atoms with van der Waals surface area (Å²) < 4.78 is 5.31. The van der Waals surface area contributed by atoms with Crippen LogP contribution in [0.2, 0.25) is 0 Å². The Bertz CT molecular complexity index is 683. The summed E-state index contributed by atoms with van der Waals surface area (Å²) in [7, 11) is 0. The van der Waals surface area contributed by atoms with Gasteiger partial charge in [0.1, 0.15) is 11.3 Å². The molecule has 0 aliphatic heterocycles. The second-order valence-electron chi connectivity index (χ2n) is 4.81. The van der Waals surface area contributed by atoms with Crippen LogP contribution in [0, 0.1) is 0 Å². The lowest BCUT2D eigenvalue weighted by atomic mass is 10.1. The zero-order valence-electron chi connectivity index (χ0n) is 11.0. The highest BCUT2D eigenvalue weighted by molar-refractivity contribution is 5.78. The van der Waals surface area contributed by atoms with Crippen molar-refractivity contribution < 1.29 is 4.42 Å². The average Bonchev–Trinajstić information content (AvgIpc) is 3.04. The van der Waals surface area contributed by atoms with Gasteiger partial charge in [0.2, 0.25) is 0 Å². The molecule has 0 saturated carbocycles. The number of hydrogen-bond donors (Lipinski definition) is 2. The van der Waals surface area contributed by atoms with Crippen molar-refractivity contribution in [2.45, 2.75) is 26.4 Å². The van der Waals surface area contributed by atoms with Crippen molar-refractivity contribution >= 4 is 11.1 Å². The summed E-state index contributed by atoms with van der Waals surface area (Å²) in [5.41, 5.74) is 3.69. The Morgan fingerprint density at radius 3 is 3.05 bits per heavy atom. The number of benzene rings is 1. The number of aromatic amines is 1. The van der Waals surface area contributed by atoms with Gasteiger partial charge in [0, 0.05) is 11.6 Å². The lowest BCUT2D eigenvalue weighted by Gasteiger charge is -2.04. The summed E-state index contributed by atoms with van der Waals surface area (Å²) in [5, 5.41) is 3.33. The van der Waals surface area contributed by atoms with Crippen LogP contribution in [0.25, 0.3) is 22.4 Å². The molecule has 2 heterocycles. The first-order valence-corrected chi connectivity index (χ1v) is 6.33. The minimum atomic E-state index is 0.444. The number of H-pyrrole nitrogens is 1. The molecule has 3 rings (SSSR count). The number of nitrogens with zero attached hydrogens (tertiary/aromatic N) is 2. The first-order chi connectivity index (χ1) is 9.22. The largest absolute Gasteiger partial charge is 0.443 e. The second kappa shape index (κ2) is 4.85. The third kappa shape index (κ3) is 2.51. The van der Waals surface area contributed by atoms with Crippen molar-refractivity contribution in [3.05, 3.63) is 36.6 Å². The fourth-order valence-electron chi connectivity index (χ4n) is 1.92. The maximum Gasteiger partial charge on any atom is 0.181 e. The predicted molar refractivity (Wildman–Crippen MR) is 73.6 cm³/mol. The molecule has 0 atom stereocenters. The Balaban J connectivity index is 1.85. The van der Waals surface area contributed by atoms with E-state index < -0.39 is 0 Å². The van der Waals surface area contributed by atoms with Crippen molar-refractivity contribution in [1.82, 2.24) is 20.3 Å². The van der Waals surface area contributed by atoms with E-state index in [2.05, 4.69) is 34.1 Å². The Morgan fingerprint density at radius 2 is 2.21 bits per heavy atom. The summed E-state index contributed by atoms with van der Waals surface area (Å²) >= 11 is 0. The molecule has 0 aliphatic carbocycles. The maximum atomic E-state index is 5.31. The number of fused-ring (bicyclic) bond motifs is 1. The summed E-state index contributed by atoms with van der Waals surface area (Å²) in [6, 6.07) is 6.37. The monoisotopic (exact) mass is 256 g/mol. The van der Waals surface area contributed by atoms with E-state index in [0.717, 1.165) is 34.7 Å². The van der Waals surface area contributed by atoms with Crippen LogP contribution in [0.1, 0.15) is 19.7 Å². The third-order valence-electron chi connectivity index (χ3n) is 2.95. The van der Waals surface area contributed by atoms with Gasteiger partial charge in [-0.2, -0.15) is 0 Å². The lowest BCUT2D eigenvalue weighted by molar-refractivity contribution is 0.575. The van der Waals surface area contributed by atoms with Gasteiger partial charge in [-0.05, 0) is 12.1 Å². The topological polar surface area (TPSA) is 66.7 Å². The quantitative estimate of drug-likeness (QED) is 0.753. The van der Waals surface area contributed by atoms with Crippen molar-refractivity contribution in [3.63, 3.8) is 0 Å². The summed E-state index contributed by atoms with van der Waals surface area (Å²) in [6.07, 6.45) is 3.30. The normalized spacial score (nSPS) is 11.5. The van der Waals surface area contributed by atoms with Gasteiger partial charge >= 0.3 is 0 Å². The Labute approximate surface area is 111 Å². The van der Waals surface area contributed by atoms with E-state index in [1.807, 2.05) is 24.4 Å². The molecule has 2 aromatic heterocycles. The first-order valence-electron chi connectivity index (χ1n) is 6.33. The van der Waals surface area contributed by atoms with Crippen LogP contribution in [-0.2, 0) is 6.54 Å². The van der Waals surface area contributed by atoms with Crippen LogP contribution in [0.15, 0.2) is 35.2 Å². The molecule has 0 radical (unpaired) electrons. The van der Waals surface area contributed by atoms with Crippen molar-refractivity contribution in [2.24, 2.45) is 0 Å². The minimum absolute atomic E-state index is 0.444. The second-order valence-corrected chi connectivity index (χ2v) is 4.81. The average molecular weight is 256 g/mol. The Hall–Kier alpha value is -2.14. The minimum Gasteiger partial charge on any atom is -0.443 e. The number of imidazole rings is 1. The Kier molecular flexibility index (Phi) is 3.05. The van der Waals surface area contributed by atoms with Gasteiger partial charge in [0.25, 0.3) is 0 Å². The molecule has 0 fully saturated rings. The van der Waals surface area contributed by atoms with Gasteiger partial charge in [0.15, 0.2) is 12.0 Å². The molecule has 5 heteroatoms. The van der Waals surface area contributed by atoms with E-state index in [0.29, 0.717) is 6.04 Å². The number of nitrogens with one attached hydrogen (secondary N) is 2. The SMILES string of the molecule is CC(C)NCc1ncc(-c2ccc3ncoc3c2)[nH]1. The fraction of sp³-hybridized carbons (Fsp3) is 0.286. The number of aromatic nitrogens is 3. The lowest BCUT2D eigenvalue weighted by Crippen LogP contribution is -2.22. The van der Waals surface area contributed by atoms with Crippen molar-refractivity contribution in [1.29, 1.82) is 0 Å². The molecule has 0 unspecified atom stereocenters. The smallest absolute Gasteiger partial charge is 0.181 e. The highest BCUT2D eigenvalue weighted by atomic mass is 16.3. The van der Waals surface area contributed by atoms with Gasteiger partial charge in [-0.15, -0.1) is 0 Å². The molecule has 5 nitrogen and oxygen atoms in total. The Morgan fingerprint density at radius 1 is 1.32 bits per heavy atom. The van der Waals surface area contributed by atoms with Crippen molar-refractivity contribution in [2.75, 3.05) is 0 Å². The molecule has 0 bridgehead atoms. The van der Waals surface area contributed by atoms with Gasteiger partial charge < -0.3 is 14.7 Å². The van der Waals surface area contributed by atoms with E-state index in [9.17, 15) is 0 Å². The molecule has 1 aromatic carbocycles. The third-order valence-corrected chi connectivity index (χ3v) is 2.95. The fourth-order valence-corrected chi connectivity index (χ4v) is 1.92. The highest BCUT2D eigenvalue weighted by Crippen LogP contribution is 2.22. The van der Waals surface area contributed by atoms with Crippen LogP contribution in [0.5, 0.6) is 0 Å². The van der Waals surface area contributed by atoms with Gasteiger partial charge in [-0.25, -0.2) is 9.97 Å². The zero-order chi connectivity index (χ0) is 13.2. The summed E-state index contributed by atoms with van der Waals surface area (Å²) in [5.74, 6) is 0.932. The van der Waals surface area contributed by atoms with E-state index in [-0.39, 0.29) is 0 Å². The molecule has 0 saturated heterocycles. The summed E-state index contributed by atoms with van der Waals surface area (Å²) in [4.78, 5) is 11.8. The first kappa shape index (κ1) is 11.9. The van der Waals surface area contributed by atoms with Crippen LogP contribution < -0.4 is 5.32 Å². The van der Waals surface area contributed by atoms with Crippen molar-refractivity contribution in [3.8, 4) is 11.3 Å². The van der Waals surface area contributed by atoms with Crippen LogP contribution >= 0.6 is 0 Å². The van der Waals surface area contributed by atoms with Crippen LogP contribution in [0.4, 0.5) is 0 Å². The molecule has 2 N–H and O–H groups in total. The molecule has 0 spiro atoms. The highest BCUT2D eigenvalue weighted by Gasteiger charge is 2.06. The van der Waals surface area contributed by atoms with Gasteiger partial charge in [-0.3, -0.25) is 0 Å². The van der Waals surface area contributed by atoms with Gasteiger partial charge in [-0.1, -0.05) is 19.9 Å².